The van der Waals surface area contributed by atoms with Crippen LogP contribution in [-0.2, 0) is 4.74 Å². The van der Waals surface area contributed by atoms with Crippen molar-refractivity contribution in [2.24, 2.45) is 0 Å². The summed E-state index contributed by atoms with van der Waals surface area (Å²) in [5, 5.41) is 0. The molecule has 0 saturated heterocycles. The molecule has 1 aromatic rings. The first kappa shape index (κ1) is 12.9. The summed E-state index contributed by atoms with van der Waals surface area (Å²) in [7, 11) is 1.67. The fraction of sp³-hybridized carbons (Fsp3) is 0.273. The highest BCUT2D eigenvalue weighted by atomic mass is 35.5. The Morgan fingerprint density at radius 1 is 1.33 bits per heavy atom. The van der Waals surface area contributed by atoms with E-state index >= 15 is 0 Å². The van der Waals surface area contributed by atoms with Gasteiger partial charge < -0.3 is 4.74 Å². The van der Waals surface area contributed by atoms with Crippen LogP contribution >= 0.6 is 35.0 Å². The second kappa shape index (κ2) is 6.44. The summed E-state index contributed by atoms with van der Waals surface area (Å²) in [4.78, 5) is 1.12. The molecule has 15 heavy (non-hydrogen) atoms. The first-order valence-electron chi connectivity index (χ1n) is 4.40. The summed E-state index contributed by atoms with van der Waals surface area (Å²) < 4.78 is 5.33. The fourth-order valence-electron chi connectivity index (χ4n) is 1.13. The molecule has 0 N–H and O–H groups in total. The van der Waals surface area contributed by atoms with Crippen molar-refractivity contribution in [2.75, 3.05) is 13.0 Å². The SMILES string of the molecule is COCSc1ccccc1C(C)=C(Cl)Cl. The monoisotopic (exact) mass is 262 g/mol. The second-order valence-electron chi connectivity index (χ2n) is 2.93. The standard InChI is InChI=1S/C11H12Cl2OS/c1-8(11(12)13)9-5-3-4-6-10(9)15-7-14-2/h3-6H,7H2,1-2H3. The third kappa shape index (κ3) is 3.72. The largest absolute Gasteiger partial charge is 0.374 e. The molecule has 0 aliphatic rings. The maximum atomic E-state index is 5.77. The Morgan fingerprint density at radius 2 is 2.00 bits per heavy atom. The molecular weight excluding hydrogens is 251 g/mol. The second-order valence-corrected chi connectivity index (χ2v) is 4.85. The molecule has 0 fully saturated rings. The molecule has 1 rings (SSSR count). The molecule has 0 atom stereocenters. The van der Waals surface area contributed by atoms with Crippen LogP contribution in [0.4, 0.5) is 0 Å². The van der Waals surface area contributed by atoms with Gasteiger partial charge in [-0.1, -0.05) is 53.2 Å². The number of rotatable bonds is 4. The molecule has 0 heterocycles. The molecule has 0 spiro atoms. The molecule has 0 aliphatic carbocycles. The van der Waals surface area contributed by atoms with E-state index in [2.05, 4.69) is 0 Å². The molecular formula is C11H12Cl2OS. The molecule has 0 radical (unpaired) electrons. The Morgan fingerprint density at radius 3 is 2.60 bits per heavy atom. The zero-order valence-corrected chi connectivity index (χ0v) is 10.9. The van der Waals surface area contributed by atoms with E-state index in [1.54, 1.807) is 18.9 Å². The van der Waals surface area contributed by atoms with Gasteiger partial charge in [0.05, 0.1) is 5.94 Å². The van der Waals surface area contributed by atoms with Crippen molar-refractivity contribution in [1.29, 1.82) is 0 Å². The van der Waals surface area contributed by atoms with E-state index in [1.807, 2.05) is 31.2 Å². The zero-order valence-electron chi connectivity index (χ0n) is 8.59. The predicted octanol–water partition coefficient (Wildman–Crippen LogP) is 4.55. The number of ether oxygens (including phenoxy) is 1. The molecule has 0 bridgehead atoms. The third-order valence-electron chi connectivity index (χ3n) is 1.91. The number of allylic oxidation sites excluding steroid dienone is 1. The zero-order chi connectivity index (χ0) is 11.3. The van der Waals surface area contributed by atoms with E-state index in [0.717, 1.165) is 16.0 Å². The van der Waals surface area contributed by atoms with Crippen molar-refractivity contribution < 1.29 is 4.74 Å². The number of benzene rings is 1. The maximum Gasteiger partial charge on any atom is 0.110 e. The van der Waals surface area contributed by atoms with E-state index in [-0.39, 0.29) is 0 Å². The Kier molecular flexibility index (Phi) is 5.54. The van der Waals surface area contributed by atoms with Crippen LogP contribution in [0.5, 0.6) is 0 Å². The summed E-state index contributed by atoms with van der Waals surface area (Å²) in [6.07, 6.45) is 0. The van der Waals surface area contributed by atoms with Gasteiger partial charge in [-0.3, -0.25) is 0 Å². The van der Waals surface area contributed by atoms with Crippen LogP contribution in [0.3, 0.4) is 0 Å². The number of hydrogen-bond acceptors (Lipinski definition) is 2. The summed E-state index contributed by atoms with van der Waals surface area (Å²) >= 11 is 13.2. The van der Waals surface area contributed by atoms with Crippen molar-refractivity contribution in [3.8, 4) is 0 Å². The van der Waals surface area contributed by atoms with Gasteiger partial charge in [0, 0.05) is 12.0 Å². The summed E-state index contributed by atoms with van der Waals surface area (Å²) in [6, 6.07) is 7.97. The minimum absolute atomic E-state index is 0.306. The van der Waals surface area contributed by atoms with Crippen LogP contribution in [0.2, 0.25) is 0 Å². The van der Waals surface area contributed by atoms with Crippen molar-refractivity contribution in [3.05, 3.63) is 34.3 Å². The topological polar surface area (TPSA) is 9.23 Å². The summed E-state index contributed by atoms with van der Waals surface area (Å²) in [5.74, 6) is 0.615. The van der Waals surface area contributed by atoms with Gasteiger partial charge in [-0.2, -0.15) is 0 Å². The Hall–Kier alpha value is -0.150. The first-order chi connectivity index (χ1) is 7.16. The van der Waals surface area contributed by atoms with E-state index in [9.17, 15) is 0 Å². The average molecular weight is 263 g/mol. The highest BCUT2D eigenvalue weighted by molar-refractivity contribution is 7.99. The van der Waals surface area contributed by atoms with Gasteiger partial charge in [0.1, 0.15) is 4.49 Å². The van der Waals surface area contributed by atoms with Gasteiger partial charge in [0.25, 0.3) is 0 Å². The smallest absolute Gasteiger partial charge is 0.110 e. The molecule has 4 heteroatoms. The number of halogens is 2. The molecule has 0 saturated carbocycles. The minimum atomic E-state index is 0.306. The average Bonchev–Trinajstić information content (AvgIpc) is 2.25. The van der Waals surface area contributed by atoms with E-state index in [1.165, 1.54) is 0 Å². The maximum absolute atomic E-state index is 5.77. The Balaban J connectivity index is 3.01. The molecule has 82 valence electrons. The normalized spacial score (nSPS) is 10.1. The van der Waals surface area contributed by atoms with Gasteiger partial charge in [0.2, 0.25) is 0 Å². The van der Waals surface area contributed by atoms with Crippen LogP contribution < -0.4 is 0 Å². The van der Waals surface area contributed by atoms with E-state index in [4.69, 9.17) is 27.9 Å². The van der Waals surface area contributed by atoms with Crippen molar-refractivity contribution in [2.45, 2.75) is 11.8 Å². The fourth-order valence-corrected chi connectivity index (χ4v) is 2.13. The van der Waals surface area contributed by atoms with E-state index in [0.29, 0.717) is 10.4 Å². The number of hydrogen-bond donors (Lipinski definition) is 0. The van der Waals surface area contributed by atoms with Gasteiger partial charge in [-0.15, -0.1) is 0 Å². The third-order valence-corrected chi connectivity index (χ3v) is 3.49. The van der Waals surface area contributed by atoms with Crippen LogP contribution in [0.15, 0.2) is 33.7 Å². The van der Waals surface area contributed by atoms with Gasteiger partial charge in [-0.05, 0) is 24.1 Å². The molecule has 0 amide bonds. The van der Waals surface area contributed by atoms with Gasteiger partial charge in [0.15, 0.2) is 0 Å². The van der Waals surface area contributed by atoms with Crippen LogP contribution in [0, 0.1) is 0 Å². The van der Waals surface area contributed by atoms with Crippen molar-refractivity contribution in [1.82, 2.24) is 0 Å². The minimum Gasteiger partial charge on any atom is -0.374 e. The Bertz CT molecular complexity index is 359. The van der Waals surface area contributed by atoms with Crippen molar-refractivity contribution in [3.63, 3.8) is 0 Å². The highest BCUT2D eigenvalue weighted by Gasteiger charge is 2.06. The predicted molar refractivity (Wildman–Crippen MR) is 68.5 cm³/mol. The lowest BCUT2D eigenvalue weighted by Gasteiger charge is -2.08. The number of methoxy groups -OCH3 is 1. The van der Waals surface area contributed by atoms with Crippen molar-refractivity contribution >= 4 is 40.5 Å². The lowest BCUT2D eigenvalue weighted by Crippen LogP contribution is -1.88. The highest BCUT2D eigenvalue weighted by Crippen LogP contribution is 2.31. The Labute approximate surface area is 104 Å². The van der Waals surface area contributed by atoms with Crippen LogP contribution in [0.25, 0.3) is 5.57 Å². The first-order valence-corrected chi connectivity index (χ1v) is 6.14. The van der Waals surface area contributed by atoms with Crippen LogP contribution in [0.1, 0.15) is 12.5 Å². The van der Waals surface area contributed by atoms with Crippen LogP contribution in [-0.4, -0.2) is 13.0 Å². The molecule has 0 aliphatic heterocycles. The summed E-state index contributed by atoms with van der Waals surface area (Å²) in [6.45, 7) is 1.90. The quantitative estimate of drug-likeness (QED) is 0.582. The lowest BCUT2D eigenvalue weighted by atomic mass is 10.1. The molecule has 1 nitrogen and oxygen atoms in total. The molecule has 0 unspecified atom stereocenters. The van der Waals surface area contributed by atoms with Gasteiger partial charge in [-0.25, -0.2) is 0 Å². The van der Waals surface area contributed by atoms with Gasteiger partial charge >= 0.3 is 0 Å². The molecule has 0 aromatic heterocycles. The summed E-state index contributed by atoms with van der Waals surface area (Å²) in [5.41, 5.74) is 1.94. The number of thioether (sulfide) groups is 1. The lowest BCUT2D eigenvalue weighted by molar-refractivity contribution is 0.259. The molecule has 1 aromatic carbocycles. The van der Waals surface area contributed by atoms with E-state index < -0.39 is 0 Å².